The summed E-state index contributed by atoms with van der Waals surface area (Å²) in [6.07, 6.45) is 3.52. The molecular weight excluding hydrogens is 222 g/mol. The molecule has 1 aromatic carbocycles. The molecule has 0 fully saturated rings. The van der Waals surface area contributed by atoms with Gasteiger partial charge in [0.2, 0.25) is 0 Å². The number of nitriles is 1. The average Bonchev–Trinajstić information content (AvgIpc) is 2.47. The van der Waals surface area contributed by atoms with E-state index < -0.39 is 0 Å². The molecule has 2 heterocycles. The largest absolute Gasteiger partial charge is 0.256 e. The molecule has 2 aromatic heterocycles. The summed E-state index contributed by atoms with van der Waals surface area (Å²) in [5, 5.41) is 9.81. The van der Waals surface area contributed by atoms with Gasteiger partial charge < -0.3 is 0 Å². The van der Waals surface area contributed by atoms with Gasteiger partial charge in [0, 0.05) is 23.3 Å². The van der Waals surface area contributed by atoms with Crippen molar-refractivity contribution < 1.29 is 0 Å². The van der Waals surface area contributed by atoms with E-state index in [0.29, 0.717) is 5.56 Å². The van der Waals surface area contributed by atoms with E-state index >= 15 is 0 Å². The van der Waals surface area contributed by atoms with E-state index in [1.165, 1.54) is 0 Å². The highest BCUT2D eigenvalue weighted by atomic mass is 14.7. The van der Waals surface area contributed by atoms with Crippen molar-refractivity contribution in [3.63, 3.8) is 0 Å². The number of hydrogen-bond donors (Lipinski definition) is 0. The molecule has 3 rings (SSSR count). The molecular formula is C15H9N3. The summed E-state index contributed by atoms with van der Waals surface area (Å²) in [5.41, 5.74) is 3.46. The van der Waals surface area contributed by atoms with Crippen molar-refractivity contribution in [2.24, 2.45) is 0 Å². The molecule has 0 N–H and O–H groups in total. The summed E-state index contributed by atoms with van der Waals surface area (Å²) in [6.45, 7) is 0. The molecule has 0 amide bonds. The first-order valence-corrected chi connectivity index (χ1v) is 5.59. The zero-order chi connectivity index (χ0) is 12.4. The maximum absolute atomic E-state index is 8.80. The predicted molar refractivity (Wildman–Crippen MR) is 69.7 cm³/mol. The van der Waals surface area contributed by atoms with Crippen LogP contribution in [-0.2, 0) is 0 Å². The van der Waals surface area contributed by atoms with E-state index in [4.69, 9.17) is 5.26 Å². The smallest absolute Gasteiger partial charge is 0.0991 e. The molecule has 0 aliphatic carbocycles. The van der Waals surface area contributed by atoms with E-state index in [-0.39, 0.29) is 0 Å². The van der Waals surface area contributed by atoms with Crippen LogP contribution < -0.4 is 0 Å². The van der Waals surface area contributed by atoms with Gasteiger partial charge >= 0.3 is 0 Å². The SMILES string of the molecule is N#Cc1ccc(-c2nccc3ncccc23)cc1. The Labute approximate surface area is 104 Å². The lowest BCUT2D eigenvalue weighted by Gasteiger charge is -2.04. The standard InChI is InChI=1S/C15H9N3/c16-10-11-3-5-12(6-4-11)15-13-2-1-8-17-14(13)7-9-18-15/h1-9H. The summed E-state index contributed by atoms with van der Waals surface area (Å²) in [5.74, 6) is 0. The van der Waals surface area contributed by atoms with E-state index in [0.717, 1.165) is 22.2 Å². The van der Waals surface area contributed by atoms with Crippen LogP contribution in [0.3, 0.4) is 0 Å². The lowest BCUT2D eigenvalue weighted by Crippen LogP contribution is -1.87. The van der Waals surface area contributed by atoms with E-state index in [1.807, 2.05) is 30.3 Å². The van der Waals surface area contributed by atoms with Gasteiger partial charge in [0.1, 0.15) is 0 Å². The van der Waals surface area contributed by atoms with Gasteiger partial charge in [0.25, 0.3) is 0 Å². The number of fused-ring (bicyclic) bond motifs is 1. The fourth-order valence-electron chi connectivity index (χ4n) is 1.94. The summed E-state index contributed by atoms with van der Waals surface area (Å²) in [6, 6.07) is 15.3. The van der Waals surface area contributed by atoms with Crippen LogP contribution in [0.25, 0.3) is 22.2 Å². The number of pyridine rings is 2. The minimum atomic E-state index is 0.650. The van der Waals surface area contributed by atoms with Gasteiger partial charge in [0.15, 0.2) is 0 Å². The Hall–Kier alpha value is -2.73. The Morgan fingerprint density at radius 3 is 2.50 bits per heavy atom. The van der Waals surface area contributed by atoms with Crippen molar-refractivity contribution in [3.05, 3.63) is 60.4 Å². The maximum atomic E-state index is 8.80. The van der Waals surface area contributed by atoms with Crippen LogP contribution in [0, 0.1) is 11.3 Å². The zero-order valence-electron chi connectivity index (χ0n) is 9.54. The quantitative estimate of drug-likeness (QED) is 0.646. The van der Waals surface area contributed by atoms with Gasteiger partial charge in [-0.2, -0.15) is 5.26 Å². The first kappa shape index (κ1) is 10.4. The van der Waals surface area contributed by atoms with Crippen molar-refractivity contribution in [2.75, 3.05) is 0 Å². The highest BCUT2D eigenvalue weighted by Crippen LogP contribution is 2.25. The van der Waals surface area contributed by atoms with Crippen molar-refractivity contribution >= 4 is 10.9 Å². The van der Waals surface area contributed by atoms with Gasteiger partial charge in [0.05, 0.1) is 22.8 Å². The van der Waals surface area contributed by atoms with Gasteiger partial charge in [-0.3, -0.25) is 9.97 Å². The molecule has 18 heavy (non-hydrogen) atoms. The Morgan fingerprint density at radius 2 is 1.72 bits per heavy atom. The minimum absolute atomic E-state index is 0.650. The van der Waals surface area contributed by atoms with Gasteiger partial charge in [-0.15, -0.1) is 0 Å². The molecule has 0 atom stereocenters. The molecule has 84 valence electrons. The summed E-state index contributed by atoms with van der Waals surface area (Å²) >= 11 is 0. The third-order valence-electron chi connectivity index (χ3n) is 2.82. The zero-order valence-corrected chi connectivity index (χ0v) is 9.54. The van der Waals surface area contributed by atoms with Crippen LogP contribution in [0.2, 0.25) is 0 Å². The van der Waals surface area contributed by atoms with Crippen LogP contribution in [-0.4, -0.2) is 9.97 Å². The highest BCUT2D eigenvalue weighted by Gasteiger charge is 2.05. The number of hydrogen-bond acceptors (Lipinski definition) is 3. The fraction of sp³-hybridized carbons (Fsp3) is 0. The Balaban J connectivity index is 2.22. The molecule has 0 saturated heterocycles. The third kappa shape index (κ3) is 1.70. The second-order valence-electron chi connectivity index (χ2n) is 3.92. The third-order valence-corrected chi connectivity index (χ3v) is 2.82. The number of aromatic nitrogens is 2. The number of benzene rings is 1. The Morgan fingerprint density at radius 1 is 0.889 bits per heavy atom. The maximum Gasteiger partial charge on any atom is 0.0991 e. The monoisotopic (exact) mass is 231 g/mol. The van der Waals surface area contributed by atoms with E-state index in [2.05, 4.69) is 16.0 Å². The molecule has 0 unspecified atom stereocenters. The highest BCUT2D eigenvalue weighted by molar-refractivity contribution is 5.91. The Kier molecular flexibility index (Phi) is 2.47. The van der Waals surface area contributed by atoms with Gasteiger partial charge in [-0.25, -0.2) is 0 Å². The van der Waals surface area contributed by atoms with Crippen molar-refractivity contribution in [1.29, 1.82) is 5.26 Å². The molecule has 0 saturated carbocycles. The van der Waals surface area contributed by atoms with Crippen LogP contribution >= 0.6 is 0 Å². The Bertz CT molecular complexity index is 734. The molecule has 0 bridgehead atoms. The average molecular weight is 231 g/mol. The first-order valence-electron chi connectivity index (χ1n) is 5.59. The van der Waals surface area contributed by atoms with Crippen molar-refractivity contribution in [3.8, 4) is 17.3 Å². The second kappa shape index (κ2) is 4.27. The van der Waals surface area contributed by atoms with Gasteiger partial charge in [-0.05, 0) is 30.3 Å². The number of nitrogens with zero attached hydrogens (tertiary/aromatic N) is 3. The van der Waals surface area contributed by atoms with Crippen LogP contribution in [0.5, 0.6) is 0 Å². The molecule has 3 nitrogen and oxygen atoms in total. The molecule has 3 aromatic rings. The molecule has 3 heteroatoms. The summed E-state index contributed by atoms with van der Waals surface area (Å²) in [4.78, 5) is 8.72. The lowest BCUT2D eigenvalue weighted by molar-refractivity contribution is 1.32. The second-order valence-corrected chi connectivity index (χ2v) is 3.92. The van der Waals surface area contributed by atoms with Crippen molar-refractivity contribution in [2.45, 2.75) is 0 Å². The fourth-order valence-corrected chi connectivity index (χ4v) is 1.94. The van der Waals surface area contributed by atoms with Gasteiger partial charge in [-0.1, -0.05) is 12.1 Å². The summed E-state index contributed by atoms with van der Waals surface area (Å²) < 4.78 is 0. The molecule has 0 aliphatic rings. The topological polar surface area (TPSA) is 49.6 Å². The minimum Gasteiger partial charge on any atom is -0.256 e. The molecule has 0 spiro atoms. The predicted octanol–water partition coefficient (Wildman–Crippen LogP) is 3.17. The lowest BCUT2D eigenvalue weighted by atomic mass is 10.1. The summed E-state index contributed by atoms with van der Waals surface area (Å²) in [7, 11) is 0. The molecule has 0 radical (unpaired) electrons. The van der Waals surface area contributed by atoms with E-state index in [1.54, 1.807) is 24.5 Å². The van der Waals surface area contributed by atoms with E-state index in [9.17, 15) is 0 Å². The molecule has 0 aliphatic heterocycles. The first-order chi connectivity index (χ1) is 8.88. The van der Waals surface area contributed by atoms with Crippen LogP contribution in [0.4, 0.5) is 0 Å². The normalized spacial score (nSPS) is 10.2. The van der Waals surface area contributed by atoms with Crippen LogP contribution in [0.15, 0.2) is 54.9 Å². The van der Waals surface area contributed by atoms with Crippen molar-refractivity contribution in [1.82, 2.24) is 9.97 Å². The number of rotatable bonds is 1. The van der Waals surface area contributed by atoms with Crippen LogP contribution in [0.1, 0.15) is 5.56 Å².